The van der Waals surface area contributed by atoms with Crippen LogP contribution in [0.15, 0.2) is 22.8 Å². The molecule has 1 aliphatic heterocycles. The Hall–Kier alpha value is -1.49. The van der Waals surface area contributed by atoms with Crippen molar-refractivity contribution >= 4 is 32.9 Å². The Morgan fingerprint density at radius 2 is 1.96 bits per heavy atom. The van der Waals surface area contributed by atoms with Crippen LogP contribution in [0.3, 0.4) is 0 Å². The first-order chi connectivity index (χ1) is 11.2. The standard InChI is InChI=1S/C19H25BrN2O2/c1-12-15-11-14(5-6-16(15)21-17(12)20)13-7-9-22(10-8-13)18(23)24-19(2,3)4/h5-6,11,13,21H,7-10H2,1-4H3. The van der Waals surface area contributed by atoms with Crippen molar-refractivity contribution in [3.8, 4) is 0 Å². The van der Waals surface area contributed by atoms with Gasteiger partial charge in [0.25, 0.3) is 0 Å². The smallest absolute Gasteiger partial charge is 0.410 e. The molecule has 0 aliphatic carbocycles. The lowest BCUT2D eigenvalue weighted by atomic mass is 9.89. The summed E-state index contributed by atoms with van der Waals surface area (Å²) >= 11 is 3.56. The van der Waals surface area contributed by atoms with E-state index >= 15 is 0 Å². The van der Waals surface area contributed by atoms with E-state index in [0.29, 0.717) is 5.92 Å². The van der Waals surface area contributed by atoms with Crippen LogP contribution >= 0.6 is 15.9 Å². The molecular formula is C19H25BrN2O2. The first kappa shape index (κ1) is 17.3. The van der Waals surface area contributed by atoms with E-state index < -0.39 is 5.60 Å². The average Bonchev–Trinajstić information content (AvgIpc) is 2.80. The fraction of sp³-hybridized carbons (Fsp3) is 0.526. The Labute approximate surface area is 151 Å². The largest absolute Gasteiger partial charge is 0.444 e. The number of likely N-dealkylation sites (tertiary alicyclic amines) is 1. The third kappa shape index (κ3) is 3.61. The molecule has 1 aromatic heterocycles. The number of nitrogens with one attached hydrogen (secondary N) is 1. The molecule has 24 heavy (non-hydrogen) atoms. The van der Waals surface area contributed by atoms with Crippen LogP contribution in [0, 0.1) is 6.92 Å². The number of carbonyl (C=O) groups is 1. The number of rotatable bonds is 1. The lowest BCUT2D eigenvalue weighted by Gasteiger charge is -2.33. The van der Waals surface area contributed by atoms with E-state index in [1.54, 1.807) is 0 Å². The van der Waals surface area contributed by atoms with E-state index in [2.05, 4.69) is 46.0 Å². The van der Waals surface area contributed by atoms with Crippen molar-refractivity contribution in [3.05, 3.63) is 33.9 Å². The van der Waals surface area contributed by atoms with Gasteiger partial charge >= 0.3 is 6.09 Å². The molecule has 0 bridgehead atoms. The summed E-state index contributed by atoms with van der Waals surface area (Å²) in [5.74, 6) is 0.501. The Morgan fingerprint density at radius 1 is 1.29 bits per heavy atom. The van der Waals surface area contributed by atoms with Crippen molar-refractivity contribution in [1.82, 2.24) is 9.88 Å². The van der Waals surface area contributed by atoms with Gasteiger partial charge < -0.3 is 14.6 Å². The van der Waals surface area contributed by atoms with Gasteiger partial charge in [0, 0.05) is 24.0 Å². The van der Waals surface area contributed by atoms with Crippen molar-refractivity contribution in [1.29, 1.82) is 0 Å². The van der Waals surface area contributed by atoms with Gasteiger partial charge in [-0.05, 0) is 85.6 Å². The molecule has 1 aromatic carbocycles. The lowest BCUT2D eigenvalue weighted by molar-refractivity contribution is 0.0205. The van der Waals surface area contributed by atoms with Crippen LogP contribution in [0.2, 0.25) is 0 Å². The number of piperidine rings is 1. The number of nitrogens with zero attached hydrogens (tertiary/aromatic N) is 1. The maximum absolute atomic E-state index is 12.2. The quantitative estimate of drug-likeness (QED) is 0.710. The predicted molar refractivity (Wildman–Crippen MR) is 101 cm³/mol. The van der Waals surface area contributed by atoms with Crippen molar-refractivity contribution in [2.75, 3.05) is 13.1 Å². The number of carbonyl (C=O) groups excluding carboxylic acids is 1. The average molecular weight is 393 g/mol. The predicted octanol–water partition coefficient (Wildman–Crippen LogP) is 5.35. The first-order valence-corrected chi connectivity index (χ1v) is 9.29. The summed E-state index contributed by atoms with van der Waals surface area (Å²) in [5, 5.41) is 1.27. The highest BCUT2D eigenvalue weighted by molar-refractivity contribution is 9.10. The molecule has 3 rings (SSSR count). The third-order valence-electron chi connectivity index (χ3n) is 4.64. The van der Waals surface area contributed by atoms with Gasteiger partial charge in [-0.2, -0.15) is 0 Å². The van der Waals surface area contributed by atoms with Crippen LogP contribution in [0.25, 0.3) is 10.9 Å². The second kappa shape index (κ2) is 6.43. The number of halogens is 1. The van der Waals surface area contributed by atoms with E-state index in [1.165, 1.54) is 16.5 Å². The van der Waals surface area contributed by atoms with Gasteiger partial charge in [-0.15, -0.1) is 0 Å². The van der Waals surface area contributed by atoms with Gasteiger partial charge in [0.1, 0.15) is 5.60 Å². The summed E-state index contributed by atoms with van der Waals surface area (Å²) in [6.45, 7) is 9.36. The van der Waals surface area contributed by atoms with Gasteiger partial charge in [0.2, 0.25) is 0 Å². The van der Waals surface area contributed by atoms with E-state index in [1.807, 2.05) is 25.7 Å². The van der Waals surface area contributed by atoms with E-state index in [4.69, 9.17) is 4.74 Å². The third-order valence-corrected chi connectivity index (χ3v) is 5.43. The Balaban J connectivity index is 1.68. The van der Waals surface area contributed by atoms with Gasteiger partial charge in [0.05, 0.1) is 4.60 Å². The maximum Gasteiger partial charge on any atom is 0.410 e. The number of ether oxygens (including phenoxy) is 1. The molecule has 1 fully saturated rings. The fourth-order valence-electron chi connectivity index (χ4n) is 3.29. The molecule has 1 saturated heterocycles. The fourth-order valence-corrected chi connectivity index (χ4v) is 3.71. The molecule has 1 amide bonds. The molecule has 1 N–H and O–H groups in total. The minimum atomic E-state index is -0.432. The number of hydrogen-bond acceptors (Lipinski definition) is 2. The SMILES string of the molecule is Cc1c(Br)[nH]c2ccc(C3CCN(C(=O)OC(C)(C)C)CC3)cc12. The molecule has 0 atom stereocenters. The van der Waals surface area contributed by atoms with Crippen LogP contribution < -0.4 is 0 Å². The highest BCUT2D eigenvalue weighted by Gasteiger charge is 2.27. The summed E-state index contributed by atoms with van der Waals surface area (Å²) in [5.41, 5.74) is 3.34. The number of amides is 1. The normalized spacial score (nSPS) is 16.6. The molecule has 2 aromatic rings. The van der Waals surface area contributed by atoms with Gasteiger partial charge in [-0.3, -0.25) is 0 Å². The summed E-state index contributed by atoms with van der Waals surface area (Å²) in [4.78, 5) is 17.4. The highest BCUT2D eigenvalue weighted by Crippen LogP contribution is 2.33. The molecule has 2 heterocycles. The number of aromatic nitrogens is 1. The molecule has 0 saturated carbocycles. The molecule has 1 aliphatic rings. The minimum Gasteiger partial charge on any atom is -0.444 e. The molecule has 4 nitrogen and oxygen atoms in total. The topological polar surface area (TPSA) is 45.3 Å². The summed E-state index contributed by atoms with van der Waals surface area (Å²) in [6, 6.07) is 6.65. The number of H-pyrrole nitrogens is 1. The summed E-state index contributed by atoms with van der Waals surface area (Å²) in [6.07, 6.45) is 1.77. The van der Waals surface area contributed by atoms with Gasteiger partial charge in [-0.25, -0.2) is 4.79 Å². The number of hydrogen-bond donors (Lipinski definition) is 1. The zero-order chi connectivity index (χ0) is 17.5. The molecule has 0 radical (unpaired) electrons. The summed E-state index contributed by atoms with van der Waals surface area (Å²) in [7, 11) is 0. The minimum absolute atomic E-state index is 0.193. The van der Waals surface area contributed by atoms with Crippen molar-refractivity contribution < 1.29 is 9.53 Å². The number of fused-ring (bicyclic) bond motifs is 1. The second-order valence-electron chi connectivity index (χ2n) is 7.61. The zero-order valence-corrected chi connectivity index (χ0v) is 16.4. The van der Waals surface area contributed by atoms with Crippen molar-refractivity contribution in [3.63, 3.8) is 0 Å². The van der Waals surface area contributed by atoms with Gasteiger partial charge in [0.15, 0.2) is 0 Å². The molecular weight excluding hydrogens is 368 g/mol. The van der Waals surface area contributed by atoms with E-state index in [9.17, 15) is 4.79 Å². The Kier molecular flexibility index (Phi) is 4.65. The van der Waals surface area contributed by atoms with Crippen molar-refractivity contribution in [2.45, 2.75) is 52.1 Å². The number of aryl methyl sites for hydroxylation is 1. The molecule has 5 heteroatoms. The molecule has 0 spiro atoms. The zero-order valence-electron chi connectivity index (χ0n) is 14.8. The van der Waals surface area contributed by atoms with Crippen LogP contribution in [0.1, 0.15) is 50.7 Å². The highest BCUT2D eigenvalue weighted by atomic mass is 79.9. The van der Waals surface area contributed by atoms with Crippen LogP contribution in [-0.4, -0.2) is 34.7 Å². The molecule has 0 unspecified atom stereocenters. The number of aromatic amines is 1. The lowest BCUT2D eigenvalue weighted by Crippen LogP contribution is -2.41. The van der Waals surface area contributed by atoms with Crippen LogP contribution in [0.5, 0.6) is 0 Å². The Bertz CT molecular complexity index is 753. The maximum atomic E-state index is 12.2. The second-order valence-corrected chi connectivity index (χ2v) is 8.40. The van der Waals surface area contributed by atoms with E-state index in [0.717, 1.165) is 36.1 Å². The van der Waals surface area contributed by atoms with Gasteiger partial charge in [-0.1, -0.05) is 6.07 Å². The van der Waals surface area contributed by atoms with Crippen LogP contribution in [0.4, 0.5) is 4.79 Å². The first-order valence-electron chi connectivity index (χ1n) is 8.50. The Morgan fingerprint density at radius 3 is 2.58 bits per heavy atom. The van der Waals surface area contributed by atoms with Crippen molar-refractivity contribution in [2.24, 2.45) is 0 Å². The summed E-state index contributed by atoms with van der Waals surface area (Å²) < 4.78 is 6.52. The monoisotopic (exact) mass is 392 g/mol. The number of benzene rings is 1. The molecule has 130 valence electrons. The van der Waals surface area contributed by atoms with E-state index in [-0.39, 0.29) is 6.09 Å². The van der Waals surface area contributed by atoms with Crippen LogP contribution in [-0.2, 0) is 4.74 Å².